The number of carbonyl (C=O) groups is 3. The number of benzene rings is 1. The second-order valence-electron chi connectivity index (χ2n) is 9.13. The number of likely N-dealkylation sites (tertiary alicyclic amines) is 1. The van der Waals surface area contributed by atoms with Gasteiger partial charge >= 0.3 is 12.1 Å². The standard InChI is InChI=1S/C24H28F3N5O4/c1-36-23(35)15-4-2-14(3-5-15)21(33)28-9-11-32-10-8-19(22(32)34)31-20-17-12-16(24(25,26)27)6-7-18(17)29-13-30-20/h6-7,12-15,19H,2-5,8-11H2,1H3,(H,28,33)(H,29,30,31)/t14?,15?,19-/m0/s1. The summed E-state index contributed by atoms with van der Waals surface area (Å²) in [5, 5.41) is 6.03. The van der Waals surface area contributed by atoms with E-state index in [4.69, 9.17) is 4.74 Å². The number of fused-ring (bicyclic) bond motifs is 1. The van der Waals surface area contributed by atoms with Gasteiger partial charge in [-0.3, -0.25) is 14.4 Å². The van der Waals surface area contributed by atoms with Crippen molar-refractivity contribution in [2.24, 2.45) is 11.8 Å². The fourth-order valence-electron chi connectivity index (χ4n) is 4.82. The molecular weight excluding hydrogens is 479 g/mol. The van der Waals surface area contributed by atoms with E-state index in [2.05, 4.69) is 20.6 Å². The molecule has 4 rings (SSSR count). The molecule has 2 aliphatic rings. The Labute approximate surface area is 205 Å². The van der Waals surface area contributed by atoms with Crippen molar-refractivity contribution in [3.05, 3.63) is 30.1 Å². The van der Waals surface area contributed by atoms with E-state index in [-0.39, 0.29) is 40.8 Å². The van der Waals surface area contributed by atoms with Gasteiger partial charge in [0.25, 0.3) is 0 Å². The summed E-state index contributed by atoms with van der Waals surface area (Å²) in [6.45, 7) is 1.07. The molecule has 36 heavy (non-hydrogen) atoms. The molecule has 0 unspecified atom stereocenters. The minimum absolute atomic E-state index is 0.0902. The third kappa shape index (κ3) is 5.68. The van der Waals surface area contributed by atoms with Crippen LogP contribution in [0.3, 0.4) is 0 Å². The molecule has 2 amide bonds. The van der Waals surface area contributed by atoms with E-state index in [1.807, 2.05) is 0 Å². The molecule has 2 fully saturated rings. The molecule has 2 aromatic rings. The maximum atomic E-state index is 13.2. The first-order valence-electron chi connectivity index (χ1n) is 11.9. The summed E-state index contributed by atoms with van der Waals surface area (Å²) in [4.78, 5) is 46.7. The molecule has 12 heteroatoms. The number of ether oxygens (including phenoxy) is 1. The predicted molar refractivity (Wildman–Crippen MR) is 124 cm³/mol. The molecule has 0 radical (unpaired) electrons. The molecule has 0 spiro atoms. The number of nitrogens with zero attached hydrogens (tertiary/aromatic N) is 3. The predicted octanol–water partition coefficient (Wildman–Crippen LogP) is 2.76. The van der Waals surface area contributed by atoms with Gasteiger partial charge in [0.15, 0.2) is 0 Å². The summed E-state index contributed by atoms with van der Waals surface area (Å²) in [5.41, 5.74) is -0.479. The van der Waals surface area contributed by atoms with Crippen molar-refractivity contribution < 1.29 is 32.3 Å². The number of nitrogens with one attached hydrogen (secondary N) is 2. The van der Waals surface area contributed by atoms with E-state index in [1.165, 1.54) is 19.5 Å². The summed E-state index contributed by atoms with van der Waals surface area (Å²) in [6.07, 6.45) is -0.355. The molecule has 0 bridgehead atoms. The molecule has 1 saturated heterocycles. The number of anilines is 1. The zero-order valence-electron chi connectivity index (χ0n) is 19.8. The van der Waals surface area contributed by atoms with Crippen LogP contribution in [0.25, 0.3) is 10.9 Å². The van der Waals surface area contributed by atoms with E-state index >= 15 is 0 Å². The van der Waals surface area contributed by atoms with Crippen LogP contribution in [-0.2, 0) is 25.3 Å². The summed E-state index contributed by atoms with van der Waals surface area (Å²) in [6, 6.07) is 2.57. The van der Waals surface area contributed by atoms with Crippen molar-refractivity contribution >= 4 is 34.5 Å². The van der Waals surface area contributed by atoms with E-state index in [0.717, 1.165) is 12.1 Å². The second kappa shape index (κ2) is 10.7. The van der Waals surface area contributed by atoms with Crippen LogP contribution < -0.4 is 10.6 Å². The Bertz CT molecular complexity index is 1130. The molecule has 2 N–H and O–H groups in total. The van der Waals surface area contributed by atoms with Crippen LogP contribution in [0, 0.1) is 11.8 Å². The van der Waals surface area contributed by atoms with Crippen LogP contribution in [-0.4, -0.2) is 65.4 Å². The number of rotatable bonds is 7. The lowest BCUT2D eigenvalue weighted by Crippen LogP contribution is -2.41. The molecule has 194 valence electrons. The third-order valence-corrected chi connectivity index (χ3v) is 6.88. The van der Waals surface area contributed by atoms with E-state index in [0.29, 0.717) is 57.3 Å². The number of hydrogen-bond acceptors (Lipinski definition) is 7. The Hall–Kier alpha value is -3.44. The number of alkyl halides is 3. The minimum atomic E-state index is -4.51. The third-order valence-electron chi connectivity index (χ3n) is 6.88. The normalized spacial score (nSPS) is 22.5. The highest BCUT2D eigenvalue weighted by atomic mass is 19.4. The van der Waals surface area contributed by atoms with Gasteiger partial charge in [-0.15, -0.1) is 0 Å². The van der Waals surface area contributed by atoms with Crippen LogP contribution in [0.1, 0.15) is 37.7 Å². The number of aromatic nitrogens is 2. The van der Waals surface area contributed by atoms with Gasteiger partial charge in [-0.2, -0.15) is 13.2 Å². The van der Waals surface area contributed by atoms with Gasteiger partial charge < -0.3 is 20.3 Å². The Balaban J connectivity index is 1.29. The van der Waals surface area contributed by atoms with Gasteiger partial charge in [0, 0.05) is 30.9 Å². The van der Waals surface area contributed by atoms with Crippen LogP contribution in [0.4, 0.5) is 19.0 Å². The van der Waals surface area contributed by atoms with Gasteiger partial charge in [-0.1, -0.05) is 0 Å². The van der Waals surface area contributed by atoms with Crippen LogP contribution in [0.15, 0.2) is 24.5 Å². The quantitative estimate of drug-likeness (QED) is 0.554. The van der Waals surface area contributed by atoms with E-state index < -0.39 is 17.8 Å². The molecular formula is C24H28F3N5O4. The van der Waals surface area contributed by atoms with Crippen molar-refractivity contribution in [1.29, 1.82) is 0 Å². The highest BCUT2D eigenvalue weighted by Crippen LogP contribution is 2.33. The van der Waals surface area contributed by atoms with E-state index in [9.17, 15) is 27.6 Å². The van der Waals surface area contributed by atoms with Crippen LogP contribution >= 0.6 is 0 Å². The van der Waals surface area contributed by atoms with Crippen molar-refractivity contribution in [3.63, 3.8) is 0 Å². The highest BCUT2D eigenvalue weighted by Gasteiger charge is 2.34. The number of carbonyl (C=O) groups excluding carboxylic acids is 3. The monoisotopic (exact) mass is 507 g/mol. The second-order valence-corrected chi connectivity index (χ2v) is 9.13. The van der Waals surface area contributed by atoms with Gasteiger partial charge in [0.05, 0.1) is 24.1 Å². The number of hydrogen-bond donors (Lipinski definition) is 2. The SMILES string of the molecule is COC(=O)C1CCC(C(=O)NCCN2CC[C@H](Nc3ncnc4ccc(C(F)(F)F)cc34)C2=O)CC1. The van der Waals surface area contributed by atoms with E-state index in [1.54, 1.807) is 4.90 Å². The zero-order chi connectivity index (χ0) is 25.9. The summed E-state index contributed by atoms with van der Waals surface area (Å²) in [5.74, 6) is -0.684. The molecule has 1 atom stereocenters. The first kappa shape index (κ1) is 25.6. The maximum absolute atomic E-state index is 13.2. The van der Waals surface area contributed by atoms with Gasteiger partial charge in [0.2, 0.25) is 11.8 Å². The lowest BCUT2D eigenvalue weighted by atomic mass is 9.81. The first-order valence-corrected chi connectivity index (χ1v) is 11.9. The van der Waals surface area contributed by atoms with Crippen molar-refractivity contribution in [1.82, 2.24) is 20.2 Å². The highest BCUT2D eigenvalue weighted by molar-refractivity contribution is 5.93. The lowest BCUT2D eigenvalue weighted by Gasteiger charge is -2.26. The molecule has 1 aliphatic heterocycles. The Morgan fingerprint density at radius 1 is 1.11 bits per heavy atom. The molecule has 1 aromatic heterocycles. The fourth-order valence-corrected chi connectivity index (χ4v) is 4.82. The van der Waals surface area contributed by atoms with Gasteiger partial charge in [0.1, 0.15) is 18.2 Å². The topological polar surface area (TPSA) is 114 Å². The van der Waals surface area contributed by atoms with Gasteiger partial charge in [-0.05, 0) is 50.3 Å². The summed E-state index contributed by atoms with van der Waals surface area (Å²) >= 11 is 0. The maximum Gasteiger partial charge on any atom is 0.416 e. The summed E-state index contributed by atoms with van der Waals surface area (Å²) in [7, 11) is 1.36. The number of halogens is 3. The largest absolute Gasteiger partial charge is 0.469 e. The number of esters is 1. The Morgan fingerprint density at radius 2 is 1.83 bits per heavy atom. The van der Waals surface area contributed by atoms with Crippen LogP contribution in [0.2, 0.25) is 0 Å². The summed E-state index contributed by atoms with van der Waals surface area (Å²) < 4.78 is 44.2. The lowest BCUT2D eigenvalue weighted by molar-refractivity contribution is -0.147. The Kier molecular flexibility index (Phi) is 7.60. The smallest absolute Gasteiger partial charge is 0.416 e. The molecule has 1 saturated carbocycles. The first-order chi connectivity index (χ1) is 17.2. The molecule has 1 aliphatic carbocycles. The fraction of sp³-hybridized carbons (Fsp3) is 0.542. The average Bonchev–Trinajstić information content (AvgIpc) is 3.21. The molecule has 2 heterocycles. The van der Waals surface area contributed by atoms with Crippen LogP contribution in [0.5, 0.6) is 0 Å². The molecule has 9 nitrogen and oxygen atoms in total. The molecule has 1 aromatic carbocycles. The minimum Gasteiger partial charge on any atom is -0.469 e. The number of methoxy groups -OCH3 is 1. The van der Waals surface area contributed by atoms with Crippen molar-refractivity contribution in [2.75, 3.05) is 32.1 Å². The average molecular weight is 508 g/mol. The van der Waals surface area contributed by atoms with Gasteiger partial charge in [-0.25, -0.2) is 9.97 Å². The van der Waals surface area contributed by atoms with Crippen molar-refractivity contribution in [3.8, 4) is 0 Å². The zero-order valence-corrected chi connectivity index (χ0v) is 19.8. The number of amides is 2. The van der Waals surface area contributed by atoms with Crippen molar-refractivity contribution in [2.45, 2.75) is 44.3 Å². The Morgan fingerprint density at radius 3 is 2.53 bits per heavy atom.